The summed E-state index contributed by atoms with van der Waals surface area (Å²) in [6.45, 7) is 0. The van der Waals surface area contributed by atoms with E-state index in [1.54, 1.807) is 0 Å². The third kappa shape index (κ3) is 2.00. The zero-order valence-electron chi connectivity index (χ0n) is 9.47. The molecule has 0 spiro atoms. The van der Waals surface area contributed by atoms with E-state index >= 15 is 0 Å². The number of rotatable bonds is 2. The lowest BCUT2D eigenvalue weighted by molar-refractivity contribution is 1.22. The summed E-state index contributed by atoms with van der Waals surface area (Å²) in [4.78, 5) is 8.47. The van der Waals surface area contributed by atoms with Crippen molar-refractivity contribution in [3.8, 4) is 0 Å². The van der Waals surface area contributed by atoms with Crippen LogP contribution in [-0.2, 0) is 0 Å². The van der Waals surface area contributed by atoms with Gasteiger partial charge in [-0.05, 0) is 24.3 Å². The average Bonchev–Trinajstić information content (AvgIpc) is 2.40. The fourth-order valence-corrected chi connectivity index (χ4v) is 2.08. The van der Waals surface area contributed by atoms with Crippen LogP contribution in [0.15, 0.2) is 54.9 Å². The van der Waals surface area contributed by atoms with Gasteiger partial charge in [-0.25, -0.2) is 9.97 Å². The normalized spacial score (nSPS) is 10.5. The molecule has 0 aliphatic carbocycles. The van der Waals surface area contributed by atoms with E-state index in [0.29, 0.717) is 5.02 Å². The summed E-state index contributed by atoms with van der Waals surface area (Å²) >= 11 is 6.21. The van der Waals surface area contributed by atoms with Gasteiger partial charge in [0.15, 0.2) is 0 Å². The van der Waals surface area contributed by atoms with E-state index in [0.717, 1.165) is 22.4 Å². The molecule has 4 heteroatoms. The molecule has 3 rings (SSSR count). The summed E-state index contributed by atoms with van der Waals surface area (Å²) in [6.07, 6.45) is 1.53. The first-order chi connectivity index (χ1) is 8.84. The summed E-state index contributed by atoms with van der Waals surface area (Å²) in [5, 5.41) is 4.74. The minimum absolute atomic E-state index is 0.645. The first kappa shape index (κ1) is 11.0. The molecule has 18 heavy (non-hydrogen) atoms. The minimum Gasteiger partial charge on any atom is -0.340 e. The van der Waals surface area contributed by atoms with E-state index in [1.807, 2.05) is 48.5 Å². The maximum absolute atomic E-state index is 6.21. The van der Waals surface area contributed by atoms with Gasteiger partial charge < -0.3 is 5.32 Å². The quantitative estimate of drug-likeness (QED) is 0.751. The van der Waals surface area contributed by atoms with E-state index in [9.17, 15) is 0 Å². The summed E-state index contributed by atoms with van der Waals surface area (Å²) in [5.41, 5.74) is 1.80. The number of nitrogens with zero attached hydrogens (tertiary/aromatic N) is 2. The van der Waals surface area contributed by atoms with Crippen LogP contribution in [-0.4, -0.2) is 9.97 Å². The number of anilines is 2. The molecule has 1 aromatic heterocycles. The second-order valence-corrected chi connectivity index (χ2v) is 4.25. The summed E-state index contributed by atoms with van der Waals surface area (Å²) in [7, 11) is 0. The average molecular weight is 256 g/mol. The highest BCUT2D eigenvalue weighted by Gasteiger charge is 2.07. The van der Waals surface area contributed by atoms with Crippen LogP contribution in [0.2, 0.25) is 5.02 Å². The molecule has 0 aliphatic rings. The third-order valence-corrected chi connectivity index (χ3v) is 2.96. The molecule has 0 unspecified atom stereocenters. The van der Waals surface area contributed by atoms with Crippen LogP contribution in [0.5, 0.6) is 0 Å². The van der Waals surface area contributed by atoms with Crippen molar-refractivity contribution >= 4 is 34.0 Å². The minimum atomic E-state index is 0.645. The van der Waals surface area contributed by atoms with Gasteiger partial charge >= 0.3 is 0 Å². The predicted octanol–water partition coefficient (Wildman–Crippen LogP) is 4.03. The Kier molecular flexibility index (Phi) is 2.82. The standard InChI is InChI=1S/C14H10ClN3/c15-11-7-4-8-12-13(11)14(17-9-16-12)18-10-5-2-1-3-6-10/h1-9H,(H,16,17,18). The van der Waals surface area contributed by atoms with Gasteiger partial charge in [-0.3, -0.25) is 0 Å². The predicted molar refractivity (Wildman–Crippen MR) is 74.3 cm³/mol. The van der Waals surface area contributed by atoms with Crippen molar-refractivity contribution in [2.75, 3.05) is 5.32 Å². The van der Waals surface area contributed by atoms with E-state index < -0.39 is 0 Å². The molecule has 88 valence electrons. The number of nitrogens with one attached hydrogen (secondary N) is 1. The SMILES string of the molecule is Clc1cccc2ncnc(Nc3ccccc3)c12. The van der Waals surface area contributed by atoms with Crippen molar-refractivity contribution in [1.29, 1.82) is 0 Å². The van der Waals surface area contributed by atoms with E-state index in [-0.39, 0.29) is 0 Å². The molecule has 0 saturated carbocycles. The maximum atomic E-state index is 6.21. The summed E-state index contributed by atoms with van der Waals surface area (Å²) < 4.78 is 0. The van der Waals surface area contributed by atoms with Crippen molar-refractivity contribution in [1.82, 2.24) is 9.97 Å². The molecule has 0 atom stereocenters. The summed E-state index contributed by atoms with van der Waals surface area (Å²) in [6, 6.07) is 15.5. The van der Waals surface area contributed by atoms with Crippen molar-refractivity contribution in [3.63, 3.8) is 0 Å². The number of aromatic nitrogens is 2. The highest BCUT2D eigenvalue weighted by atomic mass is 35.5. The lowest BCUT2D eigenvalue weighted by atomic mass is 10.2. The van der Waals surface area contributed by atoms with Gasteiger partial charge in [-0.15, -0.1) is 0 Å². The smallest absolute Gasteiger partial charge is 0.143 e. The van der Waals surface area contributed by atoms with Crippen LogP contribution in [0.3, 0.4) is 0 Å². The molecule has 0 amide bonds. The van der Waals surface area contributed by atoms with Crippen molar-refractivity contribution in [2.24, 2.45) is 0 Å². The van der Waals surface area contributed by atoms with Crippen molar-refractivity contribution in [2.45, 2.75) is 0 Å². The number of halogens is 1. The van der Waals surface area contributed by atoms with E-state index in [1.165, 1.54) is 6.33 Å². The molecule has 0 radical (unpaired) electrons. The highest BCUT2D eigenvalue weighted by Crippen LogP contribution is 2.29. The zero-order chi connectivity index (χ0) is 12.4. The first-order valence-corrected chi connectivity index (χ1v) is 5.94. The van der Waals surface area contributed by atoms with Crippen LogP contribution in [0.4, 0.5) is 11.5 Å². The van der Waals surface area contributed by atoms with Crippen LogP contribution in [0, 0.1) is 0 Å². The maximum Gasteiger partial charge on any atom is 0.143 e. The van der Waals surface area contributed by atoms with Gasteiger partial charge in [-0.2, -0.15) is 0 Å². The first-order valence-electron chi connectivity index (χ1n) is 5.56. The van der Waals surface area contributed by atoms with Gasteiger partial charge in [0.25, 0.3) is 0 Å². The van der Waals surface area contributed by atoms with Gasteiger partial charge in [0.1, 0.15) is 12.1 Å². The monoisotopic (exact) mass is 255 g/mol. The van der Waals surface area contributed by atoms with Gasteiger partial charge in [0, 0.05) is 5.69 Å². The number of benzene rings is 2. The fraction of sp³-hybridized carbons (Fsp3) is 0. The largest absolute Gasteiger partial charge is 0.340 e. The van der Waals surface area contributed by atoms with Gasteiger partial charge in [-0.1, -0.05) is 35.9 Å². The zero-order valence-corrected chi connectivity index (χ0v) is 10.2. The molecular formula is C14H10ClN3. The highest BCUT2D eigenvalue weighted by molar-refractivity contribution is 6.36. The third-order valence-electron chi connectivity index (χ3n) is 2.65. The van der Waals surface area contributed by atoms with Crippen molar-refractivity contribution < 1.29 is 0 Å². The molecular weight excluding hydrogens is 246 g/mol. The Morgan fingerprint density at radius 2 is 1.72 bits per heavy atom. The second kappa shape index (κ2) is 4.63. The van der Waals surface area contributed by atoms with Crippen LogP contribution < -0.4 is 5.32 Å². The molecule has 0 bridgehead atoms. The van der Waals surface area contributed by atoms with Crippen LogP contribution >= 0.6 is 11.6 Å². The molecule has 2 aromatic carbocycles. The molecule has 0 fully saturated rings. The van der Waals surface area contributed by atoms with Crippen LogP contribution in [0.1, 0.15) is 0 Å². The molecule has 1 heterocycles. The Labute approximate surface area is 109 Å². The number of hydrogen-bond acceptors (Lipinski definition) is 3. The van der Waals surface area contributed by atoms with E-state index in [4.69, 9.17) is 11.6 Å². The Morgan fingerprint density at radius 3 is 2.56 bits per heavy atom. The lowest BCUT2D eigenvalue weighted by Gasteiger charge is -2.08. The number of hydrogen-bond donors (Lipinski definition) is 1. The second-order valence-electron chi connectivity index (χ2n) is 3.85. The summed E-state index contributed by atoms with van der Waals surface area (Å²) in [5.74, 6) is 0.719. The molecule has 0 aliphatic heterocycles. The molecule has 0 saturated heterocycles. The van der Waals surface area contributed by atoms with Crippen molar-refractivity contribution in [3.05, 3.63) is 59.9 Å². The van der Waals surface area contributed by atoms with Gasteiger partial charge in [0.2, 0.25) is 0 Å². The Morgan fingerprint density at radius 1 is 0.889 bits per heavy atom. The van der Waals surface area contributed by atoms with E-state index in [2.05, 4.69) is 15.3 Å². The lowest BCUT2D eigenvalue weighted by Crippen LogP contribution is -1.96. The fourth-order valence-electron chi connectivity index (χ4n) is 1.82. The Hall–Kier alpha value is -2.13. The van der Waals surface area contributed by atoms with Gasteiger partial charge in [0.05, 0.1) is 15.9 Å². The Balaban J connectivity index is 2.12. The number of para-hydroxylation sites is 1. The molecule has 3 nitrogen and oxygen atoms in total. The Bertz CT molecular complexity index is 678. The number of fused-ring (bicyclic) bond motifs is 1. The topological polar surface area (TPSA) is 37.8 Å². The molecule has 1 N–H and O–H groups in total. The molecule has 3 aromatic rings. The van der Waals surface area contributed by atoms with Crippen LogP contribution in [0.25, 0.3) is 10.9 Å².